The summed E-state index contributed by atoms with van der Waals surface area (Å²) < 4.78 is 2.25. The van der Waals surface area contributed by atoms with Crippen LogP contribution in [-0.2, 0) is 25.7 Å². The molecule has 40 heavy (non-hydrogen) atoms. The lowest BCUT2D eigenvalue weighted by atomic mass is 10.0. The second-order valence-electron chi connectivity index (χ2n) is 8.64. The lowest BCUT2D eigenvalue weighted by Crippen LogP contribution is -2.70. The lowest BCUT2D eigenvalue weighted by molar-refractivity contribution is -0.151. The Hall–Kier alpha value is -3.67. The zero-order valence-corrected chi connectivity index (χ0v) is 23.3. The summed E-state index contributed by atoms with van der Waals surface area (Å²) in [5.74, 6) is -3.54. The monoisotopic (exact) mass is 650 g/mol. The van der Waals surface area contributed by atoms with Crippen molar-refractivity contribution < 1.29 is 34.5 Å². The highest BCUT2D eigenvalue weighted by Gasteiger charge is 2.54. The van der Waals surface area contributed by atoms with Crippen LogP contribution in [0, 0.1) is 0 Å². The van der Waals surface area contributed by atoms with E-state index in [-0.39, 0.29) is 22.8 Å². The summed E-state index contributed by atoms with van der Waals surface area (Å²) in [7, 11) is 0. The van der Waals surface area contributed by atoms with Crippen LogP contribution in [0.15, 0.2) is 62.0 Å². The number of hydrogen-bond donors (Lipinski definition) is 4. The number of amides is 2. The van der Waals surface area contributed by atoms with Crippen LogP contribution in [-0.4, -0.2) is 86.3 Å². The summed E-state index contributed by atoms with van der Waals surface area (Å²) >= 11 is 5.69. The second kappa shape index (κ2) is 11.1. The largest absolute Gasteiger partial charge is 0.480 e. The number of carbonyl (C=O) groups is 4. The Labute approximate surface area is 241 Å². The van der Waals surface area contributed by atoms with Crippen LogP contribution in [0.4, 0.5) is 0 Å². The first-order chi connectivity index (χ1) is 19.1. The van der Waals surface area contributed by atoms with E-state index in [0.717, 1.165) is 25.9 Å². The zero-order chi connectivity index (χ0) is 28.7. The van der Waals surface area contributed by atoms with Crippen LogP contribution >= 0.6 is 39.5 Å². The highest BCUT2D eigenvalue weighted by Crippen LogP contribution is 2.41. The van der Waals surface area contributed by atoms with Crippen LogP contribution in [0.2, 0.25) is 0 Å². The molecule has 5 rings (SSSR count). The van der Waals surface area contributed by atoms with Gasteiger partial charge in [-0.2, -0.15) is 14.3 Å². The number of carboxylic acids is 2. The molecular weight excluding hydrogens is 632 g/mol. The maximum Gasteiger partial charge on any atom is 0.367 e. The molecule has 4 N–H and O–H groups in total. The minimum atomic E-state index is -1.53. The molecule has 1 fully saturated rings. The van der Waals surface area contributed by atoms with Crippen molar-refractivity contribution in [3.63, 3.8) is 0 Å². The third-order valence-electron chi connectivity index (χ3n) is 6.09. The molecule has 2 aliphatic rings. The van der Waals surface area contributed by atoms with Crippen molar-refractivity contribution >= 4 is 68.9 Å². The van der Waals surface area contributed by atoms with Crippen LogP contribution < -0.4 is 11.0 Å². The van der Waals surface area contributed by atoms with Crippen molar-refractivity contribution in [3.05, 3.63) is 68.2 Å². The van der Waals surface area contributed by atoms with E-state index in [1.807, 2.05) is 0 Å². The van der Waals surface area contributed by atoms with Crippen molar-refractivity contribution in [2.45, 2.75) is 29.1 Å². The standard InChI is InChI=1S/C23H19BrN6O8S2/c24-12-4-2-1-3-11(12)18(33)19(34)25-16-20(35)29-17(22(36)37)10(9-40-21(16)29)8-39-14-6-5-13-26-28(7-15(31)32)23(38)30(13)27-14/h1-6,16,18,21,33H,7-9H2,(H,25,34)(H,31,32)(H,36,37)/t16?,18?,21-/m0/s1. The number of fused-ring (bicyclic) bond motifs is 2. The third kappa shape index (κ3) is 5.12. The molecule has 17 heteroatoms. The van der Waals surface area contributed by atoms with Gasteiger partial charge in [0.05, 0.1) is 0 Å². The number of aliphatic hydroxyl groups excluding tert-OH is 1. The Morgan fingerprint density at radius 2 is 1.90 bits per heavy atom. The molecule has 0 aliphatic carbocycles. The summed E-state index contributed by atoms with van der Waals surface area (Å²) in [4.78, 5) is 62.2. The number of halogens is 1. The fraction of sp³-hybridized carbons (Fsp3) is 0.261. The first-order valence-electron chi connectivity index (χ1n) is 11.5. The smallest absolute Gasteiger partial charge is 0.367 e. The maximum atomic E-state index is 13.0. The topological polar surface area (TPSA) is 196 Å². The number of benzene rings is 1. The molecule has 1 aromatic carbocycles. The molecule has 3 aromatic rings. The van der Waals surface area contributed by atoms with Gasteiger partial charge in [-0.15, -0.1) is 28.6 Å². The molecule has 0 bridgehead atoms. The van der Waals surface area contributed by atoms with Crippen LogP contribution in [0.1, 0.15) is 11.7 Å². The summed E-state index contributed by atoms with van der Waals surface area (Å²) in [5, 5.41) is 39.6. The van der Waals surface area contributed by atoms with Crippen molar-refractivity contribution in [1.29, 1.82) is 0 Å². The first-order valence-corrected chi connectivity index (χ1v) is 14.3. The number of hydrogen-bond acceptors (Lipinski definition) is 10. The van der Waals surface area contributed by atoms with Crippen molar-refractivity contribution in [1.82, 2.24) is 29.6 Å². The highest BCUT2D eigenvalue weighted by atomic mass is 79.9. The molecule has 0 radical (unpaired) electrons. The molecule has 1 saturated heterocycles. The first kappa shape index (κ1) is 27.9. The van der Waals surface area contributed by atoms with Gasteiger partial charge in [0.1, 0.15) is 28.7 Å². The predicted molar refractivity (Wildman–Crippen MR) is 144 cm³/mol. The number of carboxylic acid groups (broad SMARTS) is 2. The van der Waals surface area contributed by atoms with Gasteiger partial charge < -0.3 is 20.6 Å². The summed E-state index contributed by atoms with van der Waals surface area (Å²) in [6.07, 6.45) is -1.53. The third-order valence-corrected chi connectivity index (χ3v) is 9.16. The van der Waals surface area contributed by atoms with Crippen molar-refractivity contribution in [2.75, 3.05) is 11.5 Å². The molecule has 3 atom stereocenters. The second-order valence-corrected chi connectivity index (χ2v) is 11.6. The maximum absolute atomic E-state index is 13.0. The number of aliphatic hydroxyl groups is 1. The number of aromatic nitrogens is 4. The number of rotatable bonds is 9. The van der Waals surface area contributed by atoms with Gasteiger partial charge in [0.15, 0.2) is 11.8 Å². The van der Waals surface area contributed by atoms with Gasteiger partial charge >= 0.3 is 17.6 Å². The van der Waals surface area contributed by atoms with E-state index < -0.39 is 53.5 Å². The van der Waals surface area contributed by atoms with E-state index >= 15 is 0 Å². The van der Waals surface area contributed by atoms with Crippen LogP contribution in [0.5, 0.6) is 0 Å². The Morgan fingerprint density at radius 1 is 1.15 bits per heavy atom. The highest BCUT2D eigenvalue weighted by molar-refractivity contribution is 9.10. The van der Waals surface area contributed by atoms with E-state index in [9.17, 15) is 34.2 Å². The van der Waals surface area contributed by atoms with E-state index in [0.29, 0.717) is 20.6 Å². The van der Waals surface area contributed by atoms with E-state index in [4.69, 9.17) is 5.11 Å². The minimum absolute atomic E-state index is 0.138. The van der Waals surface area contributed by atoms with Crippen molar-refractivity contribution in [2.24, 2.45) is 0 Å². The number of carbonyl (C=O) groups excluding carboxylic acids is 2. The van der Waals surface area contributed by atoms with E-state index in [1.54, 1.807) is 30.3 Å². The number of nitrogens with one attached hydrogen (secondary N) is 1. The lowest BCUT2D eigenvalue weighted by Gasteiger charge is -2.49. The average Bonchev–Trinajstić information content (AvgIpc) is 3.23. The molecule has 0 saturated carbocycles. The van der Waals surface area contributed by atoms with Gasteiger partial charge in [-0.25, -0.2) is 9.59 Å². The van der Waals surface area contributed by atoms with Crippen LogP contribution in [0.3, 0.4) is 0 Å². The molecule has 208 valence electrons. The van der Waals surface area contributed by atoms with Gasteiger partial charge in [0, 0.05) is 21.5 Å². The minimum Gasteiger partial charge on any atom is -0.480 e. The normalized spacial score (nSPS) is 19.2. The molecular formula is C23H19BrN6O8S2. The van der Waals surface area contributed by atoms with Gasteiger partial charge in [-0.05, 0) is 23.8 Å². The average molecular weight is 651 g/mol. The van der Waals surface area contributed by atoms with Gasteiger partial charge in [-0.1, -0.05) is 34.1 Å². The van der Waals surface area contributed by atoms with E-state index in [1.165, 1.54) is 17.8 Å². The molecule has 2 aliphatic heterocycles. The van der Waals surface area contributed by atoms with Crippen LogP contribution in [0.25, 0.3) is 5.65 Å². The Kier molecular flexibility index (Phi) is 7.72. The summed E-state index contributed by atoms with van der Waals surface area (Å²) in [6.45, 7) is -0.619. The molecule has 14 nitrogen and oxygen atoms in total. The fourth-order valence-electron chi connectivity index (χ4n) is 4.23. The Bertz CT molecular complexity index is 1660. The predicted octanol–water partition coefficient (Wildman–Crippen LogP) is 0.302. The molecule has 2 amide bonds. The van der Waals surface area contributed by atoms with Gasteiger partial charge in [-0.3, -0.25) is 19.3 Å². The van der Waals surface area contributed by atoms with E-state index in [2.05, 4.69) is 31.4 Å². The zero-order valence-electron chi connectivity index (χ0n) is 20.1. The number of thioether (sulfide) groups is 2. The van der Waals surface area contributed by atoms with Gasteiger partial charge in [0.25, 0.3) is 11.8 Å². The molecule has 4 heterocycles. The number of nitrogens with zero attached hydrogens (tertiary/aromatic N) is 5. The summed E-state index contributed by atoms with van der Waals surface area (Å²) in [5.41, 5.74) is 0.00619. The molecule has 2 unspecified atom stereocenters. The number of β-lactam (4-membered cyclic amide) rings is 1. The molecule has 0 spiro atoms. The summed E-state index contributed by atoms with van der Waals surface area (Å²) in [6, 6.07) is 8.67. The fourth-order valence-corrected chi connectivity index (χ4v) is 7.07. The van der Waals surface area contributed by atoms with Gasteiger partial charge in [0.2, 0.25) is 0 Å². The number of aliphatic carboxylic acids is 2. The quantitative estimate of drug-likeness (QED) is 0.183. The SMILES string of the molecule is O=C(O)Cn1nc2ccc(SCC3=C(C(=O)O)N4C(=O)C(NC(=O)C(O)c5ccccc5Br)[C@@H]4SC3)nn2c1=O. The van der Waals surface area contributed by atoms with Crippen molar-refractivity contribution in [3.8, 4) is 0 Å². The Morgan fingerprint density at radius 3 is 2.60 bits per heavy atom. The molecule has 2 aromatic heterocycles. The Balaban J connectivity index is 1.29.